The fourth-order valence-corrected chi connectivity index (χ4v) is 6.18. The molecule has 2 heterocycles. The second kappa shape index (κ2) is 14.5. The highest BCUT2D eigenvalue weighted by Crippen LogP contribution is 2.40. The van der Waals surface area contributed by atoms with Crippen LogP contribution in [0.15, 0.2) is 60.7 Å². The van der Waals surface area contributed by atoms with Crippen molar-refractivity contribution in [1.29, 1.82) is 0 Å². The summed E-state index contributed by atoms with van der Waals surface area (Å²) in [6.45, 7) is 1.85. The molecular formula is C36H33F5N2O6. The molecule has 2 N–H and O–H groups in total. The molecule has 49 heavy (non-hydrogen) atoms. The molecule has 1 saturated heterocycles. The van der Waals surface area contributed by atoms with Crippen molar-refractivity contribution in [3.05, 3.63) is 123 Å². The molecule has 0 radical (unpaired) electrons. The highest BCUT2D eigenvalue weighted by Gasteiger charge is 2.35. The maximum absolute atomic E-state index is 14.3. The summed E-state index contributed by atoms with van der Waals surface area (Å²) in [5, 5.41) is 11.7. The summed E-state index contributed by atoms with van der Waals surface area (Å²) in [7, 11) is 3.19. The van der Waals surface area contributed by atoms with Crippen LogP contribution in [0, 0.1) is 29.1 Å². The van der Waals surface area contributed by atoms with Gasteiger partial charge in [0.25, 0.3) is 5.91 Å². The molecule has 0 saturated carbocycles. The van der Waals surface area contributed by atoms with E-state index < -0.39 is 53.0 Å². The van der Waals surface area contributed by atoms with Crippen molar-refractivity contribution < 1.29 is 50.8 Å². The van der Waals surface area contributed by atoms with Gasteiger partial charge in [0.15, 0.2) is 41.1 Å². The van der Waals surface area contributed by atoms with E-state index in [4.69, 9.17) is 18.9 Å². The molecular weight excluding hydrogens is 651 g/mol. The van der Waals surface area contributed by atoms with Crippen LogP contribution in [-0.4, -0.2) is 49.3 Å². The van der Waals surface area contributed by atoms with Gasteiger partial charge in [0.1, 0.15) is 5.56 Å². The maximum atomic E-state index is 14.3. The number of benzene rings is 4. The monoisotopic (exact) mass is 684 g/mol. The van der Waals surface area contributed by atoms with Crippen LogP contribution in [0.5, 0.6) is 11.5 Å². The number of hydrogen-bond acceptors (Lipinski definition) is 7. The summed E-state index contributed by atoms with van der Waals surface area (Å²) in [5.74, 6) is -11.5. The largest absolute Gasteiger partial charge is 0.493 e. The number of fused-ring (bicyclic) bond motifs is 1. The van der Waals surface area contributed by atoms with Crippen molar-refractivity contribution in [3.63, 3.8) is 0 Å². The molecule has 2 aliphatic heterocycles. The first kappa shape index (κ1) is 34.3. The molecule has 6 rings (SSSR count). The van der Waals surface area contributed by atoms with Crippen LogP contribution in [0.3, 0.4) is 0 Å². The quantitative estimate of drug-likeness (QED) is 0.115. The smallest absolute Gasteiger partial charge is 0.261 e. The minimum atomic E-state index is -2.36. The van der Waals surface area contributed by atoms with Gasteiger partial charge in [-0.1, -0.05) is 36.4 Å². The van der Waals surface area contributed by atoms with Crippen molar-refractivity contribution in [3.8, 4) is 11.5 Å². The average molecular weight is 685 g/mol. The third-order valence-electron chi connectivity index (χ3n) is 8.73. The molecule has 13 heteroatoms. The lowest BCUT2D eigenvalue weighted by Gasteiger charge is -2.39. The number of methoxy groups -OCH3 is 2. The van der Waals surface area contributed by atoms with E-state index in [0.29, 0.717) is 36.6 Å². The Labute approximate surface area is 279 Å². The average Bonchev–Trinajstić information content (AvgIpc) is 3.12. The second-order valence-corrected chi connectivity index (χ2v) is 11.8. The van der Waals surface area contributed by atoms with Gasteiger partial charge in [0.05, 0.1) is 33.0 Å². The van der Waals surface area contributed by atoms with Crippen molar-refractivity contribution in [2.75, 3.05) is 32.6 Å². The first-order valence-corrected chi connectivity index (χ1v) is 15.5. The van der Waals surface area contributed by atoms with E-state index in [1.54, 1.807) is 32.4 Å². The predicted octanol–water partition coefficient (Wildman–Crippen LogP) is 6.75. The van der Waals surface area contributed by atoms with E-state index in [1.807, 2.05) is 24.3 Å². The molecule has 0 spiro atoms. The van der Waals surface area contributed by atoms with Crippen LogP contribution in [0.25, 0.3) is 0 Å². The molecule has 0 unspecified atom stereocenters. The zero-order valence-corrected chi connectivity index (χ0v) is 26.6. The van der Waals surface area contributed by atoms with Crippen molar-refractivity contribution in [2.45, 2.75) is 44.5 Å². The van der Waals surface area contributed by atoms with Crippen LogP contribution in [0.2, 0.25) is 0 Å². The lowest BCUT2D eigenvalue weighted by molar-refractivity contribution is -0.253. The lowest BCUT2D eigenvalue weighted by Crippen LogP contribution is -2.41. The van der Waals surface area contributed by atoms with Gasteiger partial charge in [-0.05, 0) is 52.9 Å². The molecule has 2 aliphatic rings. The van der Waals surface area contributed by atoms with Gasteiger partial charge in [-0.3, -0.25) is 9.69 Å². The molecule has 3 atom stereocenters. The number of carbonyl (C=O) groups excluding carboxylic acids is 1. The standard InChI is InChI=1S/C36H33F5N2O6/c1-46-27-13-21-10-11-43(16-23(21)14-28(27)47-2)17-25-15-26(20-8-6-19(18-44)7-9-20)49-36(48-25)22-4-3-5-24(12-22)42-35(45)29-30(37)32(39)34(41)33(40)31(29)38/h3-9,12-14,25-26,36,44H,10-11,15-18H2,1-2H3,(H,42,45)/t25-,26+,36+/m1/s1. The third kappa shape index (κ3) is 7.11. The number of nitrogens with zero attached hydrogens (tertiary/aromatic N) is 1. The van der Waals surface area contributed by atoms with E-state index in [2.05, 4.69) is 10.2 Å². The fourth-order valence-electron chi connectivity index (χ4n) is 6.18. The van der Waals surface area contributed by atoms with Crippen LogP contribution >= 0.6 is 0 Å². The summed E-state index contributed by atoms with van der Waals surface area (Å²) in [4.78, 5) is 15.0. The van der Waals surface area contributed by atoms with Crippen LogP contribution in [-0.2, 0) is 29.0 Å². The summed E-state index contributed by atoms with van der Waals surface area (Å²) in [5.41, 5.74) is 2.73. The summed E-state index contributed by atoms with van der Waals surface area (Å²) in [6.07, 6.45) is -0.409. The molecule has 4 aromatic carbocycles. The number of hydrogen-bond donors (Lipinski definition) is 2. The predicted molar refractivity (Wildman–Crippen MR) is 168 cm³/mol. The highest BCUT2D eigenvalue weighted by molar-refractivity contribution is 6.04. The minimum Gasteiger partial charge on any atom is -0.493 e. The third-order valence-corrected chi connectivity index (χ3v) is 8.73. The number of carbonyl (C=O) groups is 1. The highest BCUT2D eigenvalue weighted by atomic mass is 19.2. The Morgan fingerprint density at radius 2 is 1.51 bits per heavy atom. The van der Waals surface area contributed by atoms with Crippen molar-refractivity contribution in [2.24, 2.45) is 0 Å². The molecule has 0 bridgehead atoms. The van der Waals surface area contributed by atoms with Gasteiger partial charge in [-0.25, -0.2) is 22.0 Å². The number of aliphatic hydroxyl groups is 1. The minimum absolute atomic E-state index is 0.0154. The number of ether oxygens (including phenoxy) is 4. The maximum Gasteiger partial charge on any atom is 0.261 e. The van der Waals surface area contributed by atoms with E-state index in [0.717, 1.165) is 29.7 Å². The van der Waals surface area contributed by atoms with Gasteiger partial charge in [-0.15, -0.1) is 0 Å². The van der Waals surface area contributed by atoms with Crippen LogP contribution in [0.1, 0.15) is 57.0 Å². The topological polar surface area (TPSA) is 89.5 Å². The Morgan fingerprint density at radius 1 is 0.857 bits per heavy atom. The van der Waals surface area contributed by atoms with Gasteiger partial charge in [0, 0.05) is 37.3 Å². The number of aliphatic hydroxyl groups excluding tert-OH is 1. The summed E-state index contributed by atoms with van der Waals surface area (Å²) >= 11 is 0. The molecule has 0 aromatic heterocycles. The van der Waals surface area contributed by atoms with Gasteiger partial charge in [-0.2, -0.15) is 0 Å². The second-order valence-electron chi connectivity index (χ2n) is 11.8. The van der Waals surface area contributed by atoms with E-state index in [9.17, 15) is 31.9 Å². The molecule has 0 aliphatic carbocycles. The van der Waals surface area contributed by atoms with Gasteiger partial charge >= 0.3 is 0 Å². The Kier molecular flexibility index (Phi) is 10.2. The zero-order chi connectivity index (χ0) is 34.8. The van der Waals surface area contributed by atoms with E-state index in [1.165, 1.54) is 23.8 Å². The first-order chi connectivity index (χ1) is 23.6. The SMILES string of the molecule is COc1cc2c(cc1OC)CN(C[C@H]1C[C@@H](c3ccc(CO)cc3)O[C@@H](c3cccc(NC(=O)c4c(F)c(F)c(F)c(F)c4F)c3)O1)CC2. The van der Waals surface area contributed by atoms with Gasteiger partial charge < -0.3 is 29.4 Å². The van der Waals surface area contributed by atoms with Gasteiger partial charge in [0.2, 0.25) is 5.82 Å². The Balaban J connectivity index is 1.24. The number of rotatable bonds is 9. The molecule has 4 aromatic rings. The van der Waals surface area contributed by atoms with Crippen molar-refractivity contribution >= 4 is 11.6 Å². The van der Waals surface area contributed by atoms with Crippen molar-refractivity contribution in [1.82, 2.24) is 4.90 Å². The normalized spacial score (nSPS) is 19.3. The summed E-state index contributed by atoms with van der Waals surface area (Å²) in [6, 6.07) is 17.4. The number of amides is 1. The zero-order valence-electron chi connectivity index (χ0n) is 26.6. The number of halogens is 5. The summed E-state index contributed by atoms with van der Waals surface area (Å²) < 4.78 is 93.5. The number of anilines is 1. The van der Waals surface area contributed by atoms with E-state index in [-0.39, 0.29) is 18.4 Å². The fraction of sp³-hybridized carbons (Fsp3) is 0.306. The Bertz CT molecular complexity index is 1830. The number of nitrogens with one attached hydrogen (secondary N) is 1. The van der Waals surface area contributed by atoms with Crippen LogP contribution < -0.4 is 14.8 Å². The van der Waals surface area contributed by atoms with E-state index >= 15 is 0 Å². The van der Waals surface area contributed by atoms with Crippen LogP contribution in [0.4, 0.5) is 27.6 Å². The Morgan fingerprint density at radius 3 is 2.16 bits per heavy atom. The Hall–Kier alpha value is -4.56. The first-order valence-electron chi connectivity index (χ1n) is 15.5. The molecule has 258 valence electrons. The molecule has 1 amide bonds. The lowest BCUT2D eigenvalue weighted by atomic mass is 9.97. The molecule has 8 nitrogen and oxygen atoms in total. The molecule has 1 fully saturated rings.